The fraction of sp³-hybridized carbons (Fsp3) is 0.500. The van der Waals surface area contributed by atoms with Gasteiger partial charge in [-0.1, -0.05) is 26.0 Å². The predicted molar refractivity (Wildman–Crippen MR) is 73.3 cm³/mol. The Morgan fingerprint density at radius 3 is 2.53 bits per heavy atom. The molecule has 0 amide bonds. The maximum absolute atomic E-state index is 5.25. The van der Waals surface area contributed by atoms with Crippen molar-refractivity contribution in [1.29, 1.82) is 0 Å². The molecule has 2 rings (SSSR count). The van der Waals surface area contributed by atoms with Gasteiger partial charge in [-0.05, 0) is 60.4 Å². The molecule has 1 aromatic rings. The summed E-state index contributed by atoms with van der Waals surface area (Å²) in [5.41, 5.74) is 4.69. The van der Waals surface area contributed by atoms with Crippen LogP contribution in [0.25, 0.3) is 5.57 Å². The Bertz CT molecular complexity index is 441. The Kier molecular flexibility index (Phi) is 3.28. The van der Waals surface area contributed by atoms with Gasteiger partial charge in [0.25, 0.3) is 0 Å². The molecule has 0 aliphatic heterocycles. The molecule has 0 saturated heterocycles. The van der Waals surface area contributed by atoms with Gasteiger partial charge in [-0.15, -0.1) is 0 Å². The Balaban J connectivity index is 2.27. The van der Waals surface area contributed by atoms with Gasteiger partial charge in [0.1, 0.15) is 5.75 Å². The zero-order chi connectivity index (χ0) is 12.5. The highest BCUT2D eigenvalue weighted by atomic mass is 16.5. The van der Waals surface area contributed by atoms with Crippen LogP contribution in [0, 0.1) is 12.3 Å². The highest BCUT2D eigenvalue weighted by Crippen LogP contribution is 2.39. The molecule has 0 fully saturated rings. The number of ether oxygens (including phenoxy) is 1. The van der Waals surface area contributed by atoms with E-state index in [1.54, 1.807) is 7.11 Å². The third kappa shape index (κ3) is 2.71. The summed E-state index contributed by atoms with van der Waals surface area (Å²) in [5, 5.41) is 0. The lowest BCUT2D eigenvalue weighted by Crippen LogP contribution is -2.14. The summed E-state index contributed by atoms with van der Waals surface area (Å²) in [6.07, 6.45) is 6.08. The number of hydrogen-bond acceptors (Lipinski definition) is 1. The van der Waals surface area contributed by atoms with Crippen molar-refractivity contribution in [2.24, 2.45) is 5.41 Å². The highest BCUT2D eigenvalue weighted by molar-refractivity contribution is 5.69. The number of methoxy groups -OCH3 is 1. The third-order valence-electron chi connectivity index (χ3n) is 3.75. The molecule has 0 heterocycles. The zero-order valence-electron chi connectivity index (χ0n) is 11.3. The zero-order valence-corrected chi connectivity index (χ0v) is 11.3. The lowest BCUT2D eigenvalue weighted by molar-refractivity contribution is 0.335. The van der Waals surface area contributed by atoms with Gasteiger partial charge in [0, 0.05) is 0 Å². The first-order valence-electron chi connectivity index (χ1n) is 6.36. The van der Waals surface area contributed by atoms with Gasteiger partial charge in [0.15, 0.2) is 0 Å². The van der Waals surface area contributed by atoms with Gasteiger partial charge in [-0.25, -0.2) is 0 Å². The number of rotatable bonds is 2. The first-order chi connectivity index (χ1) is 8.02. The summed E-state index contributed by atoms with van der Waals surface area (Å²) in [6.45, 7) is 6.86. The summed E-state index contributed by atoms with van der Waals surface area (Å²) in [7, 11) is 1.72. The van der Waals surface area contributed by atoms with Gasteiger partial charge in [-0.3, -0.25) is 0 Å². The number of allylic oxidation sites excluding steroid dienone is 2. The molecule has 1 nitrogen and oxygen atoms in total. The van der Waals surface area contributed by atoms with Gasteiger partial charge in [-0.2, -0.15) is 0 Å². The minimum atomic E-state index is 0.476. The van der Waals surface area contributed by atoms with Crippen molar-refractivity contribution in [3.63, 3.8) is 0 Å². The van der Waals surface area contributed by atoms with Crippen LogP contribution in [0.4, 0.5) is 0 Å². The molecule has 1 aromatic carbocycles. The summed E-state index contributed by atoms with van der Waals surface area (Å²) in [6, 6.07) is 6.37. The molecule has 1 aliphatic rings. The van der Waals surface area contributed by atoms with Crippen LogP contribution in [-0.4, -0.2) is 7.11 Å². The number of benzene rings is 1. The minimum Gasteiger partial charge on any atom is -0.497 e. The van der Waals surface area contributed by atoms with E-state index in [9.17, 15) is 0 Å². The Hall–Kier alpha value is -1.24. The van der Waals surface area contributed by atoms with Crippen LogP contribution in [0.3, 0.4) is 0 Å². The van der Waals surface area contributed by atoms with E-state index in [1.807, 2.05) is 0 Å². The fourth-order valence-corrected chi connectivity index (χ4v) is 2.44. The van der Waals surface area contributed by atoms with E-state index in [-0.39, 0.29) is 0 Å². The van der Waals surface area contributed by atoms with Gasteiger partial charge < -0.3 is 4.74 Å². The van der Waals surface area contributed by atoms with E-state index in [0.29, 0.717) is 5.41 Å². The van der Waals surface area contributed by atoms with E-state index < -0.39 is 0 Å². The Morgan fingerprint density at radius 1 is 1.24 bits per heavy atom. The average Bonchev–Trinajstić information content (AvgIpc) is 2.29. The second-order valence-electron chi connectivity index (χ2n) is 5.78. The lowest BCUT2D eigenvalue weighted by atomic mass is 9.76. The van der Waals surface area contributed by atoms with Crippen molar-refractivity contribution in [1.82, 2.24) is 0 Å². The molecule has 1 heteroatoms. The number of hydrogen-bond donors (Lipinski definition) is 0. The predicted octanol–water partition coefficient (Wildman–Crippen LogP) is 4.60. The Labute approximate surface area is 104 Å². The van der Waals surface area contributed by atoms with E-state index in [2.05, 4.69) is 45.0 Å². The summed E-state index contributed by atoms with van der Waals surface area (Å²) in [5.74, 6) is 0.947. The maximum atomic E-state index is 5.25. The first-order valence-corrected chi connectivity index (χ1v) is 6.36. The molecule has 92 valence electrons. The molecule has 0 bridgehead atoms. The fourth-order valence-electron chi connectivity index (χ4n) is 2.44. The van der Waals surface area contributed by atoms with Crippen molar-refractivity contribution in [2.75, 3.05) is 7.11 Å². The van der Waals surface area contributed by atoms with Crippen molar-refractivity contribution >= 4 is 5.57 Å². The topological polar surface area (TPSA) is 9.23 Å². The molecule has 0 N–H and O–H groups in total. The van der Waals surface area contributed by atoms with Crippen LogP contribution in [0.15, 0.2) is 24.3 Å². The van der Waals surface area contributed by atoms with Crippen LogP contribution in [0.1, 0.15) is 44.2 Å². The molecule has 0 spiro atoms. The standard InChI is InChI=1S/C16H22O/c1-12-11-14(17-4)5-6-15(12)13-7-9-16(2,3)10-8-13/h5-7,11H,8-10H2,1-4H3. The van der Waals surface area contributed by atoms with Crippen LogP contribution < -0.4 is 4.74 Å². The van der Waals surface area contributed by atoms with Crippen LogP contribution in [0.2, 0.25) is 0 Å². The molecule has 0 radical (unpaired) electrons. The summed E-state index contributed by atoms with van der Waals surface area (Å²) in [4.78, 5) is 0. The molecule has 0 unspecified atom stereocenters. The van der Waals surface area contributed by atoms with Crippen molar-refractivity contribution < 1.29 is 4.74 Å². The van der Waals surface area contributed by atoms with E-state index in [1.165, 1.54) is 36.0 Å². The van der Waals surface area contributed by atoms with Crippen LogP contribution in [-0.2, 0) is 0 Å². The molecule has 0 atom stereocenters. The van der Waals surface area contributed by atoms with E-state index >= 15 is 0 Å². The highest BCUT2D eigenvalue weighted by Gasteiger charge is 2.22. The third-order valence-corrected chi connectivity index (χ3v) is 3.75. The smallest absolute Gasteiger partial charge is 0.119 e. The normalized spacial score (nSPS) is 18.7. The van der Waals surface area contributed by atoms with Crippen molar-refractivity contribution in [3.8, 4) is 5.75 Å². The second kappa shape index (κ2) is 4.56. The Morgan fingerprint density at radius 2 is 2.00 bits per heavy atom. The molecular weight excluding hydrogens is 208 g/mol. The van der Waals surface area contributed by atoms with Crippen molar-refractivity contribution in [3.05, 3.63) is 35.4 Å². The SMILES string of the molecule is COc1ccc(C2=CCC(C)(C)CC2)c(C)c1. The molecule has 17 heavy (non-hydrogen) atoms. The van der Waals surface area contributed by atoms with Gasteiger partial charge in [0.05, 0.1) is 7.11 Å². The first kappa shape index (κ1) is 12.2. The monoisotopic (exact) mass is 230 g/mol. The lowest BCUT2D eigenvalue weighted by Gasteiger charge is -2.29. The van der Waals surface area contributed by atoms with Gasteiger partial charge >= 0.3 is 0 Å². The molecule has 1 aliphatic carbocycles. The van der Waals surface area contributed by atoms with Gasteiger partial charge in [0.2, 0.25) is 0 Å². The largest absolute Gasteiger partial charge is 0.497 e. The van der Waals surface area contributed by atoms with E-state index in [4.69, 9.17) is 4.74 Å². The summed E-state index contributed by atoms with van der Waals surface area (Å²) >= 11 is 0. The van der Waals surface area contributed by atoms with E-state index in [0.717, 1.165) is 5.75 Å². The summed E-state index contributed by atoms with van der Waals surface area (Å²) < 4.78 is 5.25. The minimum absolute atomic E-state index is 0.476. The quantitative estimate of drug-likeness (QED) is 0.721. The van der Waals surface area contributed by atoms with Crippen LogP contribution in [0.5, 0.6) is 5.75 Å². The van der Waals surface area contributed by atoms with Crippen molar-refractivity contribution in [2.45, 2.75) is 40.0 Å². The molecular formula is C16H22O. The average molecular weight is 230 g/mol. The molecule has 0 aromatic heterocycles. The molecule has 0 saturated carbocycles. The second-order valence-corrected chi connectivity index (χ2v) is 5.78. The number of aryl methyl sites for hydroxylation is 1. The maximum Gasteiger partial charge on any atom is 0.119 e. The van der Waals surface area contributed by atoms with Crippen LogP contribution >= 0.6 is 0 Å².